The standard InChI is InChI=1S/C21H24N2O5/c1-15(28-21(26)19(24)16-5-3-2-4-6-16)20(25)22-17-7-9-18(10-8-17)23-11-13-27-14-12-23/h2-10,15,19,24H,11-14H2,1H3,(H,22,25)/t15-,19-/m0/s1. The van der Waals surface area contributed by atoms with Crippen LogP contribution in [0.15, 0.2) is 54.6 Å². The van der Waals surface area contributed by atoms with Gasteiger partial charge in [0.05, 0.1) is 13.2 Å². The van der Waals surface area contributed by atoms with Crippen LogP contribution < -0.4 is 10.2 Å². The van der Waals surface area contributed by atoms with Gasteiger partial charge in [-0.15, -0.1) is 0 Å². The smallest absolute Gasteiger partial charge is 0.340 e. The molecule has 2 aromatic rings. The van der Waals surface area contributed by atoms with Gasteiger partial charge in [-0.25, -0.2) is 4.79 Å². The minimum atomic E-state index is -1.43. The van der Waals surface area contributed by atoms with Crippen molar-refractivity contribution in [3.8, 4) is 0 Å². The largest absolute Gasteiger partial charge is 0.450 e. The zero-order valence-corrected chi connectivity index (χ0v) is 15.7. The van der Waals surface area contributed by atoms with Crippen molar-refractivity contribution in [3.05, 3.63) is 60.2 Å². The molecule has 3 rings (SSSR count). The van der Waals surface area contributed by atoms with Crippen LogP contribution in [-0.4, -0.2) is 49.4 Å². The number of ether oxygens (including phenoxy) is 2. The van der Waals surface area contributed by atoms with Crippen molar-refractivity contribution in [1.82, 2.24) is 0 Å². The summed E-state index contributed by atoms with van der Waals surface area (Å²) < 4.78 is 10.4. The number of carbonyl (C=O) groups is 2. The highest BCUT2D eigenvalue weighted by Crippen LogP contribution is 2.20. The van der Waals surface area contributed by atoms with Crippen molar-refractivity contribution in [2.45, 2.75) is 19.1 Å². The van der Waals surface area contributed by atoms with E-state index in [4.69, 9.17) is 9.47 Å². The summed E-state index contributed by atoms with van der Waals surface area (Å²) >= 11 is 0. The Morgan fingerprint density at radius 1 is 1.07 bits per heavy atom. The van der Waals surface area contributed by atoms with Crippen LogP contribution in [0.5, 0.6) is 0 Å². The lowest BCUT2D eigenvalue weighted by Crippen LogP contribution is -2.36. The third-order valence-electron chi connectivity index (χ3n) is 4.51. The molecule has 148 valence electrons. The molecule has 1 aliphatic rings. The van der Waals surface area contributed by atoms with Crippen LogP contribution >= 0.6 is 0 Å². The van der Waals surface area contributed by atoms with Gasteiger partial charge < -0.3 is 24.8 Å². The highest BCUT2D eigenvalue weighted by Gasteiger charge is 2.24. The maximum atomic E-state index is 12.3. The highest BCUT2D eigenvalue weighted by atomic mass is 16.6. The van der Waals surface area contributed by atoms with Gasteiger partial charge in [0.1, 0.15) is 0 Å². The van der Waals surface area contributed by atoms with Crippen LogP contribution in [0.4, 0.5) is 11.4 Å². The van der Waals surface area contributed by atoms with Crippen molar-refractivity contribution >= 4 is 23.3 Å². The quantitative estimate of drug-likeness (QED) is 0.742. The molecule has 0 saturated carbocycles. The molecule has 1 heterocycles. The number of nitrogens with zero attached hydrogens (tertiary/aromatic N) is 1. The van der Waals surface area contributed by atoms with Crippen molar-refractivity contribution in [2.75, 3.05) is 36.5 Å². The first-order valence-corrected chi connectivity index (χ1v) is 9.22. The van der Waals surface area contributed by atoms with Gasteiger partial charge in [0.15, 0.2) is 12.2 Å². The molecule has 0 radical (unpaired) electrons. The molecule has 1 saturated heterocycles. The molecule has 2 atom stereocenters. The number of esters is 1. The van der Waals surface area contributed by atoms with Crippen LogP contribution in [0, 0.1) is 0 Å². The lowest BCUT2D eigenvalue weighted by atomic mass is 10.1. The summed E-state index contributed by atoms with van der Waals surface area (Å²) in [6.45, 7) is 4.55. The van der Waals surface area contributed by atoms with Crippen molar-refractivity contribution < 1.29 is 24.2 Å². The first-order chi connectivity index (χ1) is 13.5. The van der Waals surface area contributed by atoms with E-state index in [1.807, 2.05) is 12.1 Å². The summed E-state index contributed by atoms with van der Waals surface area (Å²) in [6.07, 6.45) is -2.46. The zero-order chi connectivity index (χ0) is 19.9. The van der Waals surface area contributed by atoms with Gasteiger partial charge in [-0.2, -0.15) is 0 Å². The van der Waals surface area contributed by atoms with E-state index in [1.54, 1.807) is 42.5 Å². The molecule has 1 amide bonds. The third kappa shape index (κ3) is 5.09. The number of hydrogen-bond acceptors (Lipinski definition) is 6. The third-order valence-corrected chi connectivity index (χ3v) is 4.51. The molecule has 0 aliphatic carbocycles. The molecule has 7 heteroatoms. The number of benzene rings is 2. The summed E-state index contributed by atoms with van der Waals surface area (Å²) in [7, 11) is 0. The van der Waals surface area contributed by atoms with Gasteiger partial charge in [0, 0.05) is 24.5 Å². The van der Waals surface area contributed by atoms with Gasteiger partial charge in [-0.1, -0.05) is 30.3 Å². The van der Waals surface area contributed by atoms with E-state index in [9.17, 15) is 14.7 Å². The Morgan fingerprint density at radius 2 is 1.71 bits per heavy atom. The van der Waals surface area contributed by atoms with E-state index in [-0.39, 0.29) is 0 Å². The summed E-state index contributed by atoms with van der Waals surface area (Å²) in [5.41, 5.74) is 2.08. The van der Waals surface area contributed by atoms with Gasteiger partial charge in [0.2, 0.25) is 0 Å². The van der Waals surface area contributed by atoms with E-state index in [0.29, 0.717) is 24.5 Å². The Morgan fingerprint density at radius 3 is 2.36 bits per heavy atom. The Balaban J connectivity index is 1.53. The van der Waals surface area contributed by atoms with Crippen LogP contribution in [-0.2, 0) is 19.1 Å². The molecule has 0 unspecified atom stereocenters. The second kappa shape index (κ2) is 9.34. The number of aliphatic hydroxyl groups excluding tert-OH is 1. The monoisotopic (exact) mass is 384 g/mol. The van der Waals surface area contributed by atoms with E-state index in [0.717, 1.165) is 18.8 Å². The maximum Gasteiger partial charge on any atom is 0.340 e. The van der Waals surface area contributed by atoms with Crippen molar-refractivity contribution in [3.63, 3.8) is 0 Å². The maximum absolute atomic E-state index is 12.3. The Labute approximate surface area is 163 Å². The second-order valence-corrected chi connectivity index (χ2v) is 6.53. The highest BCUT2D eigenvalue weighted by molar-refractivity contribution is 5.95. The number of nitrogens with one attached hydrogen (secondary N) is 1. The lowest BCUT2D eigenvalue weighted by molar-refractivity contribution is -0.162. The summed E-state index contributed by atoms with van der Waals surface area (Å²) in [4.78, 5) is 26.6. The van der Waals surface area contributed by atoms with Crippen LogP contribution in [0.25, 0.3) is 0 Å². The molecule has 1 fully saturated rings. The summed E-state index contributed by atoms with van der Waals surface area (Å²) in [6, 6.07) is 15.9. The second-order valence-electron chi connectivity index (χ2n) is 6.53. The molecule has 2 N–H and O–H groups in total. The van der Waals surface area contributed by atoms with Crippen LogP contribution in [0.2, 0.25) is 0 Å². The van der Waals surface area contributed by atoms with E-state index in [1.165, 1.54) is 6.92 Å². The normalized spacial score (nSPS) is 16.1. The Bertz CT molecular complexity index is 788. The molecular weight excluding hydrogens is 360 g/mol. The van der Waals surface area contributed by atoms with Gasteiger partial charge in [-0.3, -0.25) is 4.79 Å². The van der Waals surface area contributed by atoms with Crippen LogP contribution in [0.3, 0.4) is 0 Å². The number of morpholine rings is 1. The molecule has 28 heavy (non-hydrogen) atoms. The minimum absolute atomic E-state index is 0.416. The lowest BCUT2D eigenvalue weighted by Gasteiger charge is -2.29. The Kier molecular flexibility index (Phi) is 6.62. The van der Waals surface area contributed by atoms with Gasteiger partial charge >= 0.3 is 5.97 Å². The predicted octanol–water partition coefficient (Wildman–Crippen LogP) is 2.13. The summed E-state index contributed by atoms with van der Waals surface area (Å²) in [5, 5.41) is 12.8. The molecule has 0 spiro atoms. The van der Waals surface area contributed by atoms with Gasteiger partial charge in [-0.05, 0) is 36.8 Å². The molecule has 0 aromatic heterocycles. The van der Waals surface area contributed by atoms with Crippen molar-refractivity contribution in [2.24, 2.45) is 0 Å². The molecule has 1 aliphatic heterocycles. The average Bonchev–Trinajstić information content (AvgIpc) is 2.75. The van der Waals surface area contributed by atoms with E-state index >= 15 is 0 Å². The van der Waals surface area contributed by atoms with E-state index in [2.05, 4.69) is 10.2 Å². The first-order valence-electron chi connectivity index (χ1n) is 9.22. The zero-order valence-electron chi connectivity index (χ0n) is 15.7. The number of hydrogen-bond donors (Lipinski definition) is 2. The van der Waals surface area contributed by atoms with Crippen LogP contribution in [0.1, 0.15) is 18.6 Å². The number of anilines is 2. The molecule has 7 nitrogen and oxygen atoms in total. The number of amides is 1. The fourth-order valence-electron chi connectivity index (χ4n) is 2.88. The number of aliphatic hydroxyl groups is 1. The minimum Gasteiger partial charge on any atom is -0.450 e. The summed E-state index contributed by atoms with van der Waals surface area (Å²) in [5.74, 6) is -1.33. The fraction of sp³-hybridized carbons (Fsp3) is 0.333. The fourth-order valence-corrected chi connectivity index (χ4v) is 2.88. The Hall–Kier alpha value is -2.90. The van der Waals surface area contributed by atoms with E-state index < -0.39 is 24.1 Å². The topological polar surface area (TPSA) is 88.1 Å². The first kappa shape index (κ1) is 19.9. The molecule has 2 aromatic carbocycles. The SMILES string of the molecule is C[C@H](OC(=O)[C@@H](O)c1ccccc1)C(=O)Nc1ccc(N2CCOCC2)cc1. The number of carbonyl (C=O) groups excluding carboxylic acids is 2. The van der Waals surface area contributed by atoms with Crippen molar-refractivity contribution in [1.29, 1.82) is 0 Å². The average molecular weight is 384 g/mol. The van der Waals surface area contributed by atoms with Gasteiger partial charge in [0.25, 0.3) is 5.91 Å². The molecule has 0 bridgehead atoms. The molecular formula is C21H24N2O5. The number of rotatable bonds is 6. The predicted molar refractivity (Wildman–Crippen MR) is 105 cm³/mol.